The summed E-state index contributed by atoms with van der Waals surface area (Å²) >= 11 is 0. The van der Waals surface area contributed by atoms with Gasteiger partial charge in [0.25, 0.3) is 5.91 Å². The van der Waals surface area contributed by atoms with E-state index in [9.17, 15) is 9.90 Å². The van der Waals surface area contributed by atoms with Crippen molar-refractivity contribution in [3.63, 3.8) is 0 Å². The summed E-state index contributed by atoms with van der Waals surface area (Å²) in [5, 5.41) is 13.8. The van der Waals surface area contributed by atoms with E-state index in [0.717, 1.165) is 33.8 Å². The first-order valence-electron chi connectivity index (χ1n) is 8.76. The number of aromatic nitrogens is 1. The molecule has 27 heavy (non-hydrogen) atoms. The Bertz CT molecular complexity index is 972. The van der Waals surface area contributed by atoms with E-state index in [0.29, 0.717) is 5.56 Å². The lowest BCUT2D eigenvalue weighted by atomic mass is 10.1. The summed E-state index contributed by atoms with van der Waals surface area (Å²) in [6, 6.07) is 15.2. The molecule has 1 aromatic heterocycles. The number of hydrogen-bond acceptors (Lipinski definition) is 3. The molecule has 1 amide bonds. The number of carbonyl (C=O) groups is 1. The molecular formula is C22H23N3O2. The molecule has 0 atom stereocenters. The van der Waals surface area contributed by atoms with Gasteiger partial charge in [-0.1, -0.05) is 0 Å². The molecule has 0 saturated heterocycles. The first kappa shape index (κ1) is 18.5. The highest BCUT2D eigenvalue weighted by atomic mass is 16.3. The third-order valence-electron chi connectivity index (χ3n) is 4.55. The maximum atomic E-state index is 12.3. The smallest absolute Gasteiger partial charge is 0.271 e. The van der Waals surface area contributed by atoms with Crippen LogP contribution in [0.5, 0.6) is 5.75 Å². The van der Waals surface area contributed by atoms with Crippen LogP contribution in [0.2, 0.25) is 0 Å². The number of nitrogens with one attached hydrogen (secondary N) is 1. The number of nitrogens with zero attached hydrogens (tertiary/aromatic N) is 2. The summed E-state index contributed by atoms with van der Waals surface area (Å²) in [5.74, 6) is 0.00964. The number of hydrazone groups is 1. The van der Waals surface area contributed by atoms with Gasteiger partial charge in [0, 0.05) is 22.6 Å². The second-order valence-corrected chi connectivity index (χ2v) is 6.70. The number of phenolic OH excluding ortho intramolecular Hbond substituents is 1. The van der Waals surface area contributed by atoms with E-state index in [1.807, 2.05) is 38.1 Å². The molecular weight excluding hydrogens is 338 g/mol. The average molecular weight is 361 g/mol. The van der Waals surface area contributed by atoms with Crippen molar-refractivity contribution < 1.29 is 9.90 Å². The van der Waals surface area contributed by atoms with Gasteiger partial charge in [-0.3, -0.25) is 4.79 Å². The molecule has 0 unspecified atom stereocenters. The zero-order valence-electron chi connectivity index (χ0n) is 15.9. The van der Waals surface area contributed by atoms with Gasteiger partial charge in [0.05, 0.1) is 6.21 Å². The van der Waals surface area contributed by atoms with Crippen LogP contribution in [0, 0.1) is 27.7 Å². The molecule has 5 heteroatoms. The van der Waals surface area contributed by atoms with E-state index in [-0.39, 0.29) is 11.7 Å². The Morgan fingerprint density at radius 1 is 0.963 bits per heavy atom. The highest BCUT2D eigenvalue weighted by Crippen LogP contribution is 2.22. The Balaban J connectivity index is 1.70. The zero-order chi connectivity index (χ0) is 19.6. The molecule has 0 spiro atoms. The van der Waals surface area contributed by atoms with Crippen molar-refractivity contribution in [3.05, 3.63) is 82.2 Å². The maximum Gasteiger partial charge on any atom is 0.271 e. The van der Waals surface area contributed by atoms with E-state index >= 15 is 0 Å². The molecule has 3 rings (SSSR count). The van der Waals surface area contributed by atoms with Crippen molar-refractivity contribution in [2.45, 2.75) is 27.7 Å². The van der Waals surface area contributed by atoms with Crippen molar-refractivity contribution in [1.29, 1.82) is 0 Å². The van der Waals surface area contributed by atoms with Gasteiger partial charge in [-0.2, -0.15) is 5.10 Å². The number of hydrogen-bond donors (Lipinski definition) is 2. The Morgan fingerprint density at radius 2 is 1.52 bits per heavy atom. The van der Waals surface area contributed by atoms with E-state index in [4.69, 9.17) is 0 Å². The van der Waals surface area contributed by atoms with E-state index in [1.54, 1.807) is 18.3 Å². The molecule has 138 valence electrons. The fourth-order valence-electron chi connectivity index (χ4n) is 3.13. The monoisotopic (exact) mass is 361 g/mol. The van der Waals surface area contributed by atoms with Crippen molar-refractivity contribution in [2.24, 2.45) is 5.10 Å². The van der Waals surface area contributed by atoms with Crippen LogP contribution in [0.1, 0.15) is 38.4 Å². The van der Waals surface area contributed by atoms with Crippen molar-refractivity contribution in [3.8, 4) is 11.4 Å². The third kappa shape index (κ3) is 3.92. The predicted molar refractivity (Wildman–Crippen MR) is 108 cm³/mol. The van der Waals surface area contributed by atoms with E-state index < -0.39 is 0 Å². The normalized spacial score (nSPS) is 11.1. The van der Waals surface area contributed by atoms with Crippen LogP contribution >= 0.6 is 0 Å². The van der Waals surface area contributed by atoms with Gasteiger partial charge in [-0.05, 0) is 92.9 Å². The Morgan fingerprint density at radius 3 is 2.07 bits per heavy atom. The van der Waals surface area contributed by atoms with Crippen LogP contribution in [0.4, 0.5) is 0 Å². The molecule has 0 fully saturated rings. The molecule has 2 aromatic carbocycles. The standard InChI is InChI=1S/C22H23N3O2/c1-14-11-18(12-15(2)21(14)26)13-23-24-22(27)19-7-9-20(10-8-19)25-16(3)5-6-17(25)4/h5-13,26H,1-4H3,(H,24,27)/b23-13+. The lowest BCUT2D eigenvalue weighted by Gasteiger charge is -2.10. The number of phenols is 1. The summed E-state index contributed by atoms with van der Waals surface area (Å²) in [4.78, 5) is 12.3. The molecule has 0 radical (unpaired) electrons. The first-order chi connectivity index (χ1) is 12.9. The van der Waals surface area contributed by atoms with Gasteiger partial charge in [-0.15, -0.1) is 0 Å². The number of benzene rings is 2. The van der Waals surface area contributed by atoms with Gasteiger partial charge >= 0.3 is 0 Å². The molecule has 5 nitrogen and oxygen atoms in total. The molecule has 2 N–H and O–H groups in total. The lowest BCUT2D eigenvalue weighted by molar-refractivity contribution is 0.0955. The first-order valence-corrected chi connectivity index (χ1v) is 8.76. The van der Waals surface area contributed by atoms with Gasteiger partial charge in [-0.25, -0.2) is 5.43 Å². The number of carbonyl (C=O) groups excluding carboxylic acids is 1. The van der Waals surface area contributed by atoms with Gasteiger partial charge in [0.2, 0.25) is 0 Å². The third-order valence-corrected chi connectivity index (χ3v) is 4.55. The molecule has 3 aromatic rings. The van der Waals surface area contributed by atoms with Crippen LogP contribution < -0.4 is 5.43 Å². The minimum absolute atomic E-state index is 0.272. The van der Waals surface area contributed by atoms with Gasteiger partial charge in [0.15, 0.2) is 0 Å². The molecule has 1 heterocycles. The van der Waals surface area contributed by atoms with Crippen molar-refractivity contribution in [2.75, 3.05) is 0 Å². The Kier molecular flexibility index (Phi) is 5.12. The Labute approximate surface area is 159 Å². The SMILES string of the molecule is Cc1cc(/C=N/NC(=O)c2ccc(-n3c(C)ccc3C)cc2)cc(C)c1O. The van der Waals surface area contributed by atoms with Crippen LogP contribution in [-0.4, -0.2) is 21.8 Å². The molecule has 0 aliphatic heterocycles. The van der Waals surface area contributed by atoms with Crippen molar-refractivity contribution >= 4 is 12.1 Å². The topological polar surface area (TPSA) is 66.6 Å². The predicted octanol–water partition coefficient (Wildman–Crippen LogP) is 4.18. The minimum Gasteiger partial charge on any atom is -0.507 e. The largest absolute Gasteiger partial charge is 0.507 e. The fourth-order valence-corrected chi connectivity index (χ4v) is 3.13. The Hall–Kier alpha value is -3.34. The number of rotatable bonds is 4. The van der Waals surface area contributed by atoms with Gasteiger partial charge in [0.1, 0.15) is 5.75 Å². The molecule has 0 saturated carbocycles. The summed E-state index contributed by atoms with van der Waals surface area (Å²) in [6.07, 6.45) is 1.57. The quantitative estimate of drug-likeness (QED) is 0.541. The highest BCUT2D eigenvalue weighted by Gasteiger charge is 2.07. The van der Waals surface area contributed by atoms with Crippen LogP contribution in [0.3, 0.4) is 0 Å². The average Bonchev–Trinajstić information content (AvgIpc) is 2.98. The molecule has 0 bridgehead atoms. The van der Waals surface area contributed by atoms with Crippen molar-refractivity contribution in [1.82, 2.24) is 9.99 Å². The zero-order valence-corrected chi connectivity index (χ0v) is 15.9. The summed E-state index contributed by atoms with van der Waals surface area (Å²) in [7, 11) is 0. The maximum absolute atomic E-state index is 12.3. The summed E-state index contributed by atoms with van der Waals surface area (Å²) in [6.45, 7) is 7.76. The van der Waals surface area contributed by atoms with Crippen LogP contribution in [0.25, 0.3) is 5.69 Å². The van der Waals surface area contributed by atoms with E-state index in [1.165, 1.54) is 0 Å². The lowest BCUT2D eigenvalue weighted by Crippen LogP contribution is -2.17. The second kappa shape index (κ2) is 7.50. The van der Waals surface area contributed by atoms with Gasteiger partial charge < -0.3 is 9.67 Å². The highest BCUT2D eigenvalue weighted by molar-refractivity contribution is 5.95. The number of amides is 1. The molecule has 0 aliphatic carbocycles. The fraction of sp³-hybridized carbons (Fsp3) is 0.182. The number of aryl methyl sites for hydroxylation is 4. The van der Waals surface area contributed by atoms with Crippen LogP contribution in [-0.2, 0) is 0 Å². The minimum atomic E-state index is -0.272. The summed E-state index contributed by atoms with van der Waals surface area (Å²) < 4.78 is 2.13. The number of aromatic hydroxyl groups is 1. The second-order valence-electron chi connectivity index (χ2n) is 6.70. The van der Waals surface area contributed by atoms with E-state index in [2.05, 4.69) is 41.1 Å². The van der Waals surface area contributed by atoms with Crippen LogP contribution in [0.15, 0.2) is 53.6 Å². The molecule has 0 aliphatic rings. The summed E-state index contributed by atoms with van der Waals surface area (Å²) in [5.41, 5.74) is 8.75.